The lowest BCUT2D eigenvalue weighted by molar-refractivity contribution is -0.148. The van der Waals surface area contributed by atoms with Crippen molar-refractivity contribution in [1.29, 1.82) is 0 Å². The zero-order chi connectivity index (χ0) is 26.6. The van der Waals surface area contributed by atoms with E-state index in [1.807, 2.05) is 51.1 Å². The van der Waals surface area contributed by atoms with Gasteiger partial charge in [-0.25, -0.2) is 4.79 Å². The van der Waals surface area contributed by atoms with Gasteiger partial charge in [0.25, 0.3) is 0 Å². The standard InChI is InChI=1S/C30H39NO6/c1-5-21(2)29(32)36-18-12-10-8-6-7-9-11-17-35-27-16-13-23-20-26(30(33)37-28(23)31-27)25-15-14-24(34-4)19-22(25)3/h13-16,19-21H,5-12,17-18H2,1-4H3. The molecule has 3 rings (SSSR count). The molecule has 7 nitrogen and oxygen atoms in total. The van der Waals surface area contributed by atoms with Crippen molar-refractivity contribution in [2.45, 2.75) is 72.1 Å². The highest BCUT2D eigenvalue weighted by atomic mass is 16.5. The molecule has 0 saturated heterocycles. The lowest BCUT2D eigenvalue weighted by Gasteiger charge is -2.09. The maximum atomic E-state index is 12.7. The summed E-state index contributed by atoms with van der Waals surface area (Å²) in [6.07, 6.45) is 8.29. The van der Waals surface area contributed by atoms with Crippen molar-refractivity contribution in [2.75, 3.05) is 20.3 Å². The number of aryl methyl sites for hydroxylation is 1. The number of rotatable bonds is 15. The van der Waals surface area contributed by atoms with E-state index < -0.39 is 5.63 Å². The van der Waals surface area contributed by atoms with Gasteiger partial charge in [0.1, 0.15) is 5.75 Å². The molecular formula is C30H39NO6. The highest BCUT2D eigenvalue weighted by molar-refractivity contribution is 5.80. The molecule has 0 radical (unpaired) electrons. The van der Waals surface area contributed by atoms with E-state index in [-0.39, 0.29) is 17.6 Å². The minimum absolute atomic E-state index is 0.00660. The number of hydrogen-bond acceptors (Lipinski definition) is 7. The summed E-state index contributed by atoms with van der Waals surface area (Å²) in [5.74, 6) is 1.11. The van der Waals surface area contributed by atoms with E-state index in [4.69, 9.17) is 18.6 Å². The van der Waals surface area contributed by atoms with Gasteiger partial charge >= 0.3 is 11.6 Å². The maximum absolute atomic E-state index is 12.7. The molecule has 1 atom stereocenters. The van der Waals surface area contributed by atoms with Crippen LogP contribution in [-0.4, -0.2) is 31.3 Å². The molecule has 2 heterocycles. The number of esters is 1. The number of benzene rings is 1. The number of pyridine rings is 1. The molecule has 0 amide bonds. The van der Waals surface area contributed by atoms with Gasteiger partial charge in [0.15, 0.2) is 0 Å². The smallest absolute Gasteiger partial charge is 0.345 e. The summed E-state index contributed by atoms with van der Waals surface area (Å²) >= 11 is 0. The summed E-state index contributed by atoms with van der Waals surface area (Å²) in [6.45, 7) is 6.93. The van der Waals surface area contributed by atoms with Gasteiger partial charge in [0, 0.05) is 11.5 Å². The Labute approximate surface area is 219 Å². The molecule has 0 fully saturated rings. The first-order valence-electron chi connectivity index (χ1n) is 13.3. The lowest BCUT2D eigenvalue weighted by Crippen LogP contribution is -2.14. The number of nitrogens with zero attached hydrogens (tertiary/aromatic N) is 1. The number of fused-ring (bicyclic) bond motifs is 1. The molecule has 37 heavy (non-hydrogen) atoms. The first-order valence-corrected chi connectivity index (χ1v) is 13.3. The van der Waals surface area contributed by atoms with E-state index in [0.29, 0.717) is 24.7 Å². The average Bonchev–Trinajstić information content (AvgIpc) is 2.90. The van der Waals surface area contributed by atoms with Crippen LogP contribution in [0, 0.1) is 12.8 Å². The third-order valence-electron chi connectivity index (χ3n) is 6.59. The largest absolute Gasteiger partial charge is 0.497 e. The summed E-state index contributed by atoms with van der Waals surface area (Å²) in [7, 11) is 1.62. The fourth-order valence-corrected chi connectivity index (χ4v) is 4.06. The highest BCUT2D eigenvalue weighted by Crippen LogP contribution is 2.27. The molecule has 1 unspecified atom stereocenters. The fourth-order valence-electron chi connectivity index (χ4n) is 4.06. The third-order valence-corrected chi connectivity index (χ3v) is 6.59. The molecule has 0 saturated carbocycles. The van der Waals surface area contributed by atoms with Gasteiger partial charge in [-0.2, -0.15) is 4.98 Å². The van der Waals surface area contributed by atoms with Gasteiger partial charge < -0.3 is 18.6 Å². The van der Waals surface area contributed by atoms with E-state index in [2.05, 4.69) is 4.98 Å². The second-order valence-corrected chi connectivity index (χ2v) is 9.47. The predicted molar refractivity (Wildman–Crippen MR) is 145 cm³/mol. The van der Waals surface area contributed by atoms with Crippen molar-refractivity contribution in [2.24, 2.45) is 5.92 Å². The van der Waals surface area contributed by atoms with Gasteiger partial charge in [-0.1, -0.05) is 52.0 Å². The number of unbranched alkanes of at least 4 members (excludes halogenated alkanes) is 6. The summed E-state index contributed by atoms with van der Waals surface area (Å²) in [4.78, 5) is 28.7. The van der Waals surface area contributed by atoms with Crippen molar-refractivity contribution >= 4 is 17.1 Å². The van der Waals surface area contributed by atoms with Crippen LogP contribution >= 0.6 is 0 Å². The molecule has 1 aromatic carbocycles. The number of carbonyl (C=O) groups excluding carboxylic acids is 1. The van der Waals surface area contributed by atoms with Crippen molar-refractivity contribution < 1.29 is 23.4 Å². The quantitative estimate of drug-likeness (QED) is 0.163. The van der Waals surface area contributed by atoms with Gasteiger partial charge in [0.2, 0.25) is 11.6 Å². The van der Waals surface area contributed by atoms with Crippen LogP contribution in [0.4, 0.5) is 0 Å². The Morgan fingerprint density at radius 3 is 2.32 bits per heavy atom. The van der Waals surface area contributed by atoms with Crippen LogP contribution in [0.25, 0.3) is 22.2 Å². The van der Waals surface area contributed by atoms with Gasteiger partial charge in [-0.05, 0) is 61.6 Å². The number of carbonyl (C=O) groups is 1. The van der Waals surface area contributed by atoms with Crippen molar-refractivity contribution in [3.8, 4) is 22.8 Å². The number of methoxy groups -OCH3 is 1. The van der Waals surface area contributed by atoms with Crippen LogP contribution in [0.1, 0.15) is 70.8 Å². The molecule has 0 N–H and O–H groups in total. The molecule has 3 aromatic rings. The van der Waals surface area contributed by atoms with Crippen LogP contribution < -0.4 is 15.1 Å². The maximum Gasteiger partial charge on any atom is 0.345 e. The van der Waals surface area contributed by atoms with E-state index in [1.54, 1.807) is 13.2 Å². The van der Waals surface area contributed by atoms with Crippen molar-refractivity contribution in [1.82, 2.24) is 4.98 Å². The second kappa shape index (κ2) is 14.4. The van der Waals surface area contributed by atoms with Crippen molar-refractivity contribution in [3.05, 3.63) is 52.4 Å². The number of aromatic nitrogens is 1. The topological polar surface area (TPSA) is 87.9 Å². The minimum Gasteiger partial charge on any atom is -0.497 e. The van der Waals surface area contributed by atoms with E-state index in [1.165, 1.54) is 0 Å². The Bertz CT molecular complexity index is 1220. The summed E-state index contributed by atoms with van der Waals surface area (Å²) in [6, 6.07) is 11.1. The molecule has 0 aliphatic heterocycles. The normalized spacial score (nSPS) is 11.9. The molecule has 0 spiro atoms. The van der Waals surface area contributed by atoms with Crippen LogP contribution in [0.3, 0.4) is 0 Å². The fraction of sp³-hybridized carbons (Fsp3) is 0.500. The summed E-state index contributed by atoms with van der Waals surface area (Å²) in [5.41, 5.74) is 2.07. The number of hydrogen-bond donors (Lipinski definition) is 0. The van der Waals surface area contributed by atoms with Gasteiger partial charge in [0.05, 0.1) is 31.8 Å². The van der Waals surface area contributed by atoms with Gasteiger partial charge in [-0.15, -0.1) is 0 Å². The van der Waals surface area contributed by atoms with Crippen LogP contribution in [0.5, 0.6) is 11.6 Å². The zero-order valence-electron chi connectivity index (χ0n) is 22.5. The van der Waals surface area contributed by atoms with Gasteiger partial charge in [-0.3, -0.25) is 4.79 Å². The molecular weight excluding hydrogens is 470 g/mol. The van der Waals surface area contributed by atoms with E-state index in [0.717, 1.165) is 73.6 Å². The highest BCUT2D eigenvalue weighted by Gasteiger charge is 2.13. The summed E-state index contributed by atoms with van der Waals surface area (Å²) in [5, 5.41) is 0.742. The van der Waals surface area contributed by atoms with Crippen LogP contribution in [0.15, 0.2) is 45.6 Å². The predicted octanol–water partition coefficient (Wildman–Crippen LogP) is 6.87. The third kappa shape index (κ3) is 8.34. The Hall–Kier alpha value is -3.35. The Morgan fingerprint density at radius 1 is 0.946 bits per heavy atom. The Balaban J connectivity index is 1.38. The van der Waals surface area contributed by atoms with E-state index >= 15 is 0 Å². The zero-order valence-corrected chi connectivity index (χ0v) is 22.5. The molecule has 0 bridgehead atoms. The first-order chi connectivity index (χ1) is 17.9. The Kier molecular flexibility index (Phi) is 11.0. The molecule has 7 heteroatoms. The lowest BCUT2D eigenvalue weighted by atomic mass is 10.0. The molecule has 0 aliphatic carbocycles. The molecule has 200 valence electrons. The summed E-state index contributed by atoms with van der Waals surface area (Å²) < 4.78 is 21.8. The average molecular weight is 510 g/mol. The van der Waals surface area contributed by atoms with Crippen molar-refractivity contribution in [3.63, 3.8) is 0 Å². The minimum atomic E-state index is -0.431. The number of ether oxygens (including phenoxy) is 3. The molecule has 0 aliphatic rings. The SMILES string of the molecule is CCC(C)C(=O)OCCCCCCCCCOc1ccc2cc(-c3ccc(OC)cc3C)c(=O)oc2n1. The van der Waals surface area contributed by atoms with Crippen LogP contribution in [-0.2, 0) is 9.53 Å². The molecule has 2 aromatic heterocycles. The first kappa shape index (κ1) is 28.2. The second-order valence-electron chi connectivity index (χ2n) is 9.47. The van der Waals surface area contributed by atoms with E-state index in [9.17, 15) is 9.59 Å². The van der Waals surface area contributed by atoms with Crippen LogP contribution in [0.2, 0.25) is 0 Å². The Morgan fingerprint density at radius 2 is 1.65 bits per heavy atom. The monoisotopic (exact) mass is 509 g/mol.